The normalized spacial score (nSPS) is 10.7. The molecule has 168 valence electrons. The zero-order chi connectivity index (χ0) is 23.0. The highest BCUT2D eigenvalue weighted by Gasteiger charge is 2.06. The highest BCUT2D eigenvalue weighted by atomic mass is 16.5. The Morgan fingerprint density at radius 2 is 1.61 bits per heavy atom. The number of rotatable bonds is 9. The lowest BCUT2D eigenvalue weighted by Crippen LogP contribution is -2.21. The van der Waals surface area contributed by atoms with Crippen LogP contribution >= 0.6 is 0 Å². The molecule has 33 heavy (non-hydrogen) atoms. The van der Waals surface area contributed by atoms with Gasteiger partial charge in [0.1, 0.15) is 17.2 Å². The van der Waals surface area contributed by atoms with Crippen LogP contribution in [0.4, 0.5) is 5.69 Å². The summed E-state index contributed by atoms with van der Waals surface area (Å²) in [6, 6.07) is 21.8. The maximum Gasteiger partial charge on any atom is 0.261 e. The predicted molar refractivity (Wildman–Crippen MR) is 128 cm³/mol. The van der Waals surface area contributed by atoms with Gasteiger partial charge in [-0.15, -0.1) is 0 Å². The molecule has 7 nitrogen and oxygen atoms in total. The average Bonchev–Trinajstić information content (AvgIpc) is 2.83. The van der Waals surface area contributed by atoms with Crippen LogP contribution in [0, 0.1) is 0 Å². The van der Waals surface area contributed by atoms with Crippen molar-refractivity contribution >= 4 is 22.5 Å². The number of benzene rings is 3. The van der Waals surface area contributed by atoms with Crippen molar-refractivity contribution in [2.75, 3.05) is 11.9 Å². The lowest BCUT2D eigenvalue weighted by atomic mass is 10.2. The van der Waals surface area contributed by atoms with Gasteiger partial charge >= 0.3 is 0 Å². The molecule has 0 saturated carbocycles. The molecule has 4 aromatic rings. The van der Waals surface area contributed by atoms with E-state index in [4.69, 9.17) is 9.47 Å². The zero-order valence-corrected chi connectivity index (χ0v) is 18.4. The van der Waals surface area contributed by atoms with Gasteiger partial charge in [0, 0.05) is 18.7 Å². The Bertz CT molecular complexity index is 1280. The van der Waals surface area contributed by atoms with Gasteiger partial charge in [-0.05, 0) is 74.0 Å². The number of hydrogen-bond acceptors (Lipinski definition) is 5. The molecule has 1 heterocycles. The number of amides is 1. The monoisotopic (exact) mass is 443 g/mol. The van der Waals surface area contributed by atoms with Crippen molar-refractivity contribution in [1.82, 2.24) is 9.55 Å². The first kappa shape index (κ1) is 22.1. The van der Waals surface area contributed by atoms with Gasteiger partial charge in [0.2, 0.25) is 5.91 Å². The van der Waals surface area contributed by atoms with Crippen molar-refractivity contribution in [3.05, 3.63) is 89.5 Å². The molecule has 1 amide bonds. The van der Waals surface area contributed by atoms with Gasteiger partial charge in [-0.1, -0.05) is 12.1 Å². The SMILES string of the molecule is CCOc1ccc(Oc2ccc(NC(=O)CCCn3cnc4ccccc4c3=O)cc2)cc1. The average molecular weight is 444 g/mol. The largest absolute Gasteiger partial charge is 0.494 e. The molecule has 0 aliphatic rings. The molecule has 0 aliphatic carbocycles. The second-order valence-electron chi connectivity index (χ2n) is 7.44. The van der Waals surface area contributed by atoms with Gasteiger partial charge < -0.3 is 14.8 Å². The molecular weight excluding hydrogens is 418 g/mol. The summed E-state index contributed by atoms with van der Waals surface area (Å²) in [6.45, 7) is 2.99. The fraction of sp³-hybridized carbons (Fsp3) is 0.192. The maximum absolute atomic E-state index is 12.5. The van der Waals surface area contributed by atoms with E-state index in [1.165, 1.54) is 6.33 Å². The fourth-order valence-electron chi connectivity index (χ4n) is 3.41. The second kappa shape index (κ2) is 10.5. The molecule has 0 fully saturated rings. The van der Waals surface area contributed by atoms with Crippen LogP contribution in [0.15, 0.2) is 83.9 Å². The molecule has 0 atom stereocenters. The molecule has 0 bridgehead atoms. The number of para-hydroxylation sites is 1. The minimum atomic E-state index is -0.114. The lowest BCUT2D eigenvalue weighted by Gasteiger charge is -2.09. The number of aryl methyl sites for hydroxylation is 1. The molecule has 0 spiro atoms. The highest BCUT2D eigenvalue weighted by Crippen LogP contribution is 2.25. The minimum absolute atomic E-state index is 0.0934. The Labute approximate surface area is 191 Å². The van der Waals surface area contributed by atoms with Gasteiger partial charge in [0.25, 0.3) is 5.56 Å². The number of nitrogens with one attached hydrogen (secondary N) is 1. The van der Waals surface area contributed by atoms with Crippen molar-refractivity contribution in [3.8, 4) is 17.2 Å². The molecule has 3 aromatic carbocycles. The van der Waals surface area contributed by atoms with E-state index in [9.17, 15) is 9.59 Å². The van der Waals surface area contributed by atoms with Gasteiger partial charge in [0.05, 0.1) is 23.8 Å². The highest BCUT2D eigenvalue weighted by molar-refractivity contribution is 5.90. The zero-order valence-electron chi connectivity index (χ0n) is 18.4. The summed E-state index contributed by atoms with van der Waals surface area (Å²) in [5, 5.41) is 3.45. The van der Waals surface area contributed by atoms with Gasteiger partial charge in [-0.3, -0.25) is 14.2 Å². The Morgan fingerprint density at radius 1 is 0.939 bits per heavy atom. The minimum Gasteiger partial charge on any atom is -0.494 e. The summed E-state index contributed by atoms with van der Waals surface area (Å²) < 4.78 is 12.8. The Morgan fingerprint density at radius 3 is 2.33 bits per heavy atom. The molecule has 0 aliphatic heterocycles. The van der Waals surface area contributed by atoms with Crippen molar-refractivity contribution in [3.63, 3.8) is 0 Å². The van der Waals surface area contributed by atoms with E-state index in [-0.39, 0.29) is 11.5 Å². The van der Waals surface area contributed by atoms with Crippen molar-refractivity contribution in [2.24, 2.45) is 0 Å². The molecule has 0 saturated heterocycles. The first-order valence-electron chi connectivity index (χ1n) is 10.9. The van der Waals surface area contributed by atoms with Crippen LogP contribution in [0.1, 0.15) is 19.8 Å². The number of aromatic nitrogens is 2. The third kappa shape index (κ3) is 5.77. The van der Waals surface area contributed by atoms with Crippen molar-refractivity contribution in [2.45, 2.75) is 26.3 Å². The van der Waals surface area contributed by atoms with E-state index >= 15 is 0 Å². The molecule has 1 aromatic heterocycles. The fourth-order valence-corrected chi connectivity index (χ4v) is 3.41. The van der Waals surface area contributed by atoms with E-state index in [0.717, 1.165) is 5.75 Å². The third-order valence-electron chi connectivity index (χ3n) is 5.04. The molecule has 0 radical (unpaired) electrons. The van der Waals surface area contributed by atoms with Gasteiger partial charge in [-0.25, -0.2) is 4.98 Å². The van der Waals surface area contributed by atoms with Crippen molar-refractivity contribution in [1.29, 1.82) is 0 Å². The lowest BCUT2D eigenvalue weighted by molar-refractivity contribution is -0.116. The molecule has 7 heteroatoms. The van der Waals surface area contributed by atoms with Crippen LogP contribution in [0.2, 0.25) is 0 Å². The van der Waals surface area contributed by atoms with E-state index in [0.29, 0.717) is 54.1 Å². The Kier molecular flexibility index (Phi) is 6.99. The van der Waals surface area contributed by atoms with Crippen LogP contribution < -0.4 is 20.3 Å². The first-order valence-corrected chi connectivity index (χ1v) is 10.9. The number of hydrogen-bond donors (Lipinski definition) is 1. The van der Waals surface area contributed by atoms with Crippen LogP contribution in [-0.2, 0) is 11.3 Å². The Balaban J connectivity index is 1.26. The predicted octanol–water partition coefficient (Wildman–Crippen LogP) is 5.01. The smallest absolute Gasteiger partial charge is 0.261 e. The van der Waals surface area contributed by atoms with E-state index in [1.54, 1.807) is 34.9 Å². The van der Waals surface area contributed by atoms with Crippen LogP contribution in [0.3, 0.4) is 0 Å². The Hall–Kier alpha value is -4.13. The summed E-state index contributed by atoms with van der Waals surface area (Å²) in [5.74, 6) is 2.05. The summed E-state index contributed by atoms with van der Waals surface area (Å²) in [5.41, 5.74) is 1.26. The number of ether oxygens (including phenoxy) is 2. The van der Waals surface area contributed by atoms with Crippen LogP contribution in [0.25, 0.3) is 10.9 Å². The van der Waals surface area contributed by atoms with Gasteiger partial charge in [0.15, 0.2) is 0 Å². The topological polar surface area (TPSA) is 82.4 Å². The van der Waals surface area contributed by atoms with E-state index < -0.39 is 0 Å². The number of carbonyl (C=O) groups excluding carboxylic acids is 1. The summed E-state index contributed by atoms with van der Waals surface area (Å²) in [7, 11) is 0. The number of carbonyl (C=O) groups is 1. The van der Waals surface area contributed by atoms with Crippen LogP contribution in [-0.4, -0.2) is 22.1 Å². The summed E-state index contributed by atoms with van der Waals surface area (Å²) in [4.78, 5) is 29.1. The molecule has 1 N–H and O–H groups in total. The second-order valence-corrected chi connectivity index (χ2v) is 7.44. The molecule has 0 unspecified atom stereocenters. The standard InChI is InChI=1S/C26H25N3O4/c1-2-32-20-13-15-22(16-14-20)33-21-11-9-19(10-12-21)28-25(30)8-5-17-29-18-27-24-7-4-3-6-23(24)26(29)31/h3-4,6-7,9-16,18H,2,5,8,17H2,1H3,(H,28,30). The number of anilines is 1. The maximum atomic E-state index is 12.5. The quantitative estimate of drug-likeness (QED) is 0.393. The first-order chi connectivity index (χ1) is 16.1. The molecular formula is C26H25N3O4. The van der Waals surface area contributed by atoms with E-state index in [1.807, 2.05) is 49.4 Å². The van der Waals surface area contributed by atoms with Gasteiger partial charge in [-0.2, -0.15) is 0 Å². The van der Waals surface area contributed by atoms with E-state index in [2.05, 4.69) is 10.3 Å². The summed E-state index contributed by atoms with van der Waals surface area (Å²) >= 11 is 0. The third-order valence-corrected chi connectivity index (χ3v) is 5.04. The number of nitrogens with zero attached hydrogens (tertiary/aromatic N) is 2. The van der Waals surface area contributed by atoms with Crippen LogP contribution in [0.5, 0.6) is 17.2 Å². The summed E-state index contributed by atoms with van der Waals surface area (Å²) in [6.07, 6.45) is 2.36. The van der Waals surface area contributed by atoms with Crippen molar-refractivity contribution < 1.29 is 14.3 Å². The number of fused-ring (bicyclic) bond motifs is 1. The molecule has 4 rings (SSSR count).